The van der Waals surface area contributed by atoms with Crippen molar-refractivity contribution in [2.45, 2.75) is 91.3 Å². The van der Waals surface area contributed by atoms with Gasteiger partial charge in [0.1, 0.15) is 0 Å². The van der Waals surface area contributed by atoms with Gasteiger partial charge in [0.15, 0.2) is 0 Å². The summed E-state index contributed by atoms with van der Waals surface area (Å²) in [6.45, 7) is 21.7. The molecular weight excluding hydrogens is 1550 g/mol. The van der Waals surface area contributed by atoms with Crippen molar-refractivity contribution >= 4 is 128 Å². The van der Waals surface area contributed by atoms with Crippen LogP contribution in [0.15, 0.2) is 387 Å². The molecule has 0 saturated carbocycles. The number of halogens is 1. The fourth-order valence-corrected chi connectivity index (χ4v) is 18.0. The van der Waals surface area contributed by atoms with E-state index < -0.39 is 0 Å². The van der Waals surface area contributed by atoms with Crippen molar-refractivity contribution in [3.05, 3.63) is 414 Å². The molecule has 1 aliphatic rings. The molecule has 0 amide bonds. The minimum absolute atomic E-state index is 0.132. The van der Waals surface area contributed by atoms with E-state index in [2.05, 4.69) is 498 Å². The Bertz CT molecular complexity index is 7350. The van der Waals surface area contributed by atoms with Gasteiger partial charge < -0.3 is 27.6 Å². The van der Waals surface area contributed by atoms with Gasteiger partial charge in [0.2, 0.25) is 0 Å². The quantitative estimate of drug-likeness (QED) is 0.0903. The summed E-state index contributed by atoms with van der Waals surface area (Å²) in [7, 11) is -0.280. The van der Waals surface area contributed by atoms with Crippen molar-refractivity contribution < 1.29 is 9.31 Å². The molecule has 1 aliphatic heterocycles. The van der Waals surface area contributed by atoms with Crippen LogP contribution in [0.3, 0.4) is 0 Å². The maximum Gasteiger partial charge on any atom is 0.487 e. The highest BCUT2D eigenvalue weighted by molar-refractivity contribution is 9.10. The lowest BCUT2D eigenvalue weighted by Gasteiger charge is -2.32. The van der Waals surface area contributed by atoms with Crippen LogP contribution in [0, 0.1) is 0 Å². The summed E-state index contributed by atoms with van der Waals surface area (Å²) in [5.74, 6) is 1.99. The second-order valence-electron chi connectivity index (χ2n) is 35.3. The Morgan fingerprint density at radius 3 is 0.992 bits per heavy atom. The molecule has 594 valence electrons. The zero-order valence-electron chi connectivity index (χ0n) is 70.7. The van der Waals surface area contributed by atoms with Crippen molar-refractivity contribution in [2.24, 2.45) is 0 Å². The predicted molar refractivity (Wildman–Crippen MR) is 524 cm³/mol. The third kappa shape index (κ3) is 15.0. The molecule has 0 aliphatic carbocycles. The molecular formula is C114H96BBrN4O2. The number of nitrogens with zero attached hydrogens (tertiary/aromatic N) is 4. The molecule has 0 bridgehead atoms. The van der Waals surface area contributed by atoms with Crippen LogP contribution in [-0.2, 0) is 20.1 Å². The normalized spacial score (nSPS) is 13.5. The van der Waals surface area contributed by atoms with E-state index in [1.54, 1.807) is 0 Å². The number of benzene rings is 16. The van der Waals surface area contributed by atoms with E-state index in [1.165, 1.54) is 154 Å². The van der Waals surface area contributed by atoms with Gasteiger partial charge in [-0.15, -0.1) is 0 Å². The summed E-state index contributed by atoms with van der Waals surface area (Å²) in [6, 6.07) is 136. The third-order valence-electron chi connectivity index (χ3n) is 24.7. The zero-order chi connectivity index (χ0) is 83.6. The van der Waals surface area contributed by atoms with Crippen molar-refractivity contribution in [3.8, 4) is 67.3 Å². The molecule has 0 unspecified atom stereocenters. The SMILES string of the molecule is Brc1ccc2c(c1)n(-c1ccccc1)c1c3ccc(-c4cccc(-c5cccc6ccccc56)c4)cc3n(-c3ccccc3)c21.CC(C)(C)c1ccc(/C=C/B2OC(C)(C)C(C)(C)O2)cc1.CC(C)(C)c1ccc(/C=C/c2ccc3c(c2)n(-c2ccccc2)c2c4ccc(-c5cccc(-c6cccc7ccccc67)c5)cc4n(-c4ccccc4)c32)cc1. The van der Waals surface area contributed by atoms with Crippen LogP contribution in [0.25, 0.3) is 173 Å². The van der Waals surface area contributed by atoms with Crippen molar-refractivity contribution in [1.82, 2.24) is 18.3 Å². The topological polar surface area (TPSA) is 38.2 Å². The minimum Gasteiger partial charge on any atom is -0.400 e. The van der Waals surface area contributed by atoms with Gasteiger partial charge in [0.25, 0.3) is 0 Å². The maximum atomic E-state index is 5.95. The molecule has 5 heterocycles. The van der Waals surface area contributed by atoms with Gasteiger partial charge in [-0.1, -0.05) is 361 Å². The van der Waals surface area contributed by atoms with Crippen LogP contribution in [0.2, 0.25) is 0 Å². The molecule has 1 fully saturated rings. The maximum absolute atomic E-state index is 5.95. The lowest BCUT2D eigenvalue weighted by atomic mass is 9.86. The van der Waals surface area contributed by atoms with Crippen molar-refractivity contribution in [2.75, 3.05) is 0 Å². The summed E-state index contributed by atoms with van der Waals surface area (Å²) in [5.41, 5.74) is 29.9. The van der Waals surface area contributed by atoms with Gasteiger partial charge in [-0.2, -0.15) is 0 Å². The molecule has 16 aromatic carbocycles. The van der Waals surface area contributed by atoms with Gasteiger partial charge in [-0.3, -0.25) is 0 Å². The minimum atomic E-state index is -0.280. The first kappa shape index (κ1) is 78.5. The van der Waals surface area contributed by atoms with Crippen LogP contribution in [0.1, 0.15) is 97.1 Å². The Morgan fingerprint density at radius 2 is 0.582 bits per heavy atom. The lowest BCUT2D eigenvalue weighted by molar-refractivity contribution is 0.00578. The van der Waals surface area contributed by atoms with Crippen LogP contribution in [0.5, 0.6) is 0 Å². The molecule has 122 heavy (non-hydrogen) atoms. The Morgan fingerprint density at radius 1 is 0.270 bits per heavy atom. The number of aromatic nitrogens is 4. The van der Waals surface area contributed by atoms with Crippen LogP contribution < -0.4 is 0 Å². The van der Waals surface area contributed by atoms with Crippen LogP contribution in [-0.4, -0.2) is 36.6 Å². The van der Waals surface area contributed by atoms with Gasteiger partial charge in [-0.25, -0.2) is 0 Å². The largest absolute Gasteiger partial charge is 0.487 e. The van der Waals surface area contributed by atoms with Crippen molar-refractivity contribution in [1.29, 1.82) is 0 Å². The molecule has 21 rings (SSSR count). The Balaban J connectivity index is 0.000000132. The van der Waals surface area contributed by atoms with Crippen LogP contribution >= 0.6 is 15.9 Å². The Labute approximate surface area is 723 Å². The van der Waals surface area contributed by atoms with E-state index in [-0.39, 0.29) is 29.2 Å². The molecule has 0 spiro atoms. The number of hydrogen-bond donors (Lipinski definition) is 0. The number of rotatable bonds is 12. The molecule has 0 radical (unpaired) electrons. The van der Waals surface area contributed by atoms with E-state index in [1.807, 2.05) is 5.98 Å². The second kappa shape index (κ2) is 32.0. The van der Waals surface area contributed by atoms with E-state index in [0.717, 1.165) is 32.8 Å². The van der Waals surface area contributed by atoms with Crippen molar-refractivity contribution in [3.63, 3.8) is 0 Å². The highest BCUT2D eigenvalue weighted by Crippen LogP contribution is 2.47. The standard InChI is InChI=1S/C54H42N2.C42H27BrN2.C18H27BO2/c1-54(2,3)43-30-26-37(27-31-43)24-25-38-28-32-48-50(34-38)55(44-18-6-4-7-19-44)53-49-33-29-41(36-51(49)56(52(48)53)45-20-8-5-9-21-45)40-16-12-17-42(35-40)47-23-13-15-39-14-10-11-22-46(39)47;43-32-22-24-38-40(27-32)45(34-17-5-2-6-18-34)41-37-23-21-30(26-39(37)44(42(38)41)33-15-3-1-4-16-33)29-13-9-14-31(25-29)36-20-10-12-28-11-7-8-19-35(28)36;1-16(2,3)15-10-8-14(9-11-15)12-13-19-20-17(4,5)18(6,7)21-19/h4-36H,1-3H3;1-27H;8-13H,1-7H3/b25-24+;;13-12+. The average Bonchev–Trinajstić information content (AvgIpc) is 1.54. The number of hydrogen-bond acceptors (Lipinski definition) is 2. The van der Waals surface area contributed by atoms with E-state index in [4.69, 9.17) is 9.31 Å². The molecule has 0 atom stereocenters. The zero-order valence-corrected chi connectivity index (χ0v) is 72.3. The predicted octanol–water partition coefficient (Wildman–Crippen LogP) is 31.3. The summed E-state index contributed by atoms with van der Waals surface area (Å²) in [4.78, 5) is 0. The molecule has 20 aromatic rings. The van der Waals surface area contributed by atoms with E-state index >= 15 is 0 Å². The summed E-state index contributed by atoms with van der Waals surface area (Å²) in [6.07, 6.45) is 6.52. The Hall–Kier alpha value is -13.3. The summed E-state index contributed by atoms with van der Waals surface area (Å²) >= 11 is 3.75. The third-order valence-corrected chi connectivity index (χ3v) is 25.2. The first-order valence-electron chi connectivity index (χ1n) is 42.4. The summed E-state index contributed by atoms with van der Waals surface area (Å²) < 4.78 is 22.8. The van der Waals surface area contributed by atoms with Gasteiger partial charge >= 0.3 is 7.12 Å². The molecule has 6 nitrogen and oxygen atoms in total. The molecule has 8 heteroatoms. The first-order chi connectivity index (χ1) is 59.2. The fourth-order valence-electron chi connectivity index (χ4n) is 17.6. The fraction of sp³-hybridized carbons (Fsp3) is 0.123. The summed E-state index contributed by atoms with van der Waals surface area (Å²) in [5, 5.41) is 9.93. The number of para-hydroxylation sites is 4. The monoisotopic (exact) mass is 1640 g/mol. The van der Waals surface area contributed by atoms with Gasteiger partial charge in [-0.05, 0) is 229 Å². The molecule has 1 saturated heterocycles. The van der Waals surface area contributed by atoms with E-state index in [0.29, 0.717) is 0 Å². The van der Waals surface area contributed by atoms with Gasteiger partial charge in [0, 0.05) is 48.8 Å². The smallest absolute Gasteiger partial charge is 0.400 e. The Kier molecular flexibility index (Phi) is 20.6. The highest BCUT2D eigenvalue weighted by atomic mass is 79.9. The van der Waals surface area contributed by atoms with Crippen LogP contribution in [0.4, 0.5) is 0 Å². The van der Waals surface area contributed by atoms with Gasteiger partial charge in [0.05, 0.1) is 55.3 Å². The first-order valence-corrected chi connectivity index (χ1v) is 43.2. The molecule has 4 aromatic heterocycles. The molecule has 0 N–H and O–H groups in total. The average molecular weight is 1640 g/mol. The highest BCUT2D eigenvalue weighted by Gasteiger charge is 2.50. The van der Waals surface area contributed by atoms with E-state index in [9.17, 15) is 0 Å². The number of fused-ring (bicyclic) bond motifs is 12. The lowest BCUT2D eigenvalue weighted by Crippen LogP contribution is -2.41. The second-order valence-corrected chi connectivity index (χ2v) is 36.2.